The molecule has 1 aliphatic carbocycles. The van der Waals surface area contributed by atoms with Crippen LogP contribution in [-0.2, 0) is 26.3 Å². The molecule has 1 spiro atoms. The van der Waals surface area contributed by atoms with E-state index < -0.39 is 17.4 Å². The molecule has 1 aromatic heterocycles. The highest BCUT2D eigenvalue weighted by atomic mass is 16.5. The zero-order chi connectivity index (χ0) is 31.1. The Bertz CT molecular complexity index is 1490. The Morgan fingerprint density at radius 3 is 2.57 bits per heavy atom. The minimum atomic E-state index is -1.20. The normalized spacial score (nSPS) is 20.2. The van der Waals surface area contributed by atoms with Gasteiger partial charge in [-0.1, -0.05) is 73.6 Å². The summed E-state index contributed by atoms with van der Waals surface area (Å²) in [4.78, 5) is 57.8. The molecule has 4 amide bonds. The van der Waals surface area contributed by atoms with Crippen molar-refractivity contribution in [2.24, 2.45) is 5.92 Å². The van der Waals surface area contributed by atoms with Crippen LogP contribution in [0.5, 0.6) is 0 Å². The summed E-state index contributed by atoms with van der Waals surface area (Å²) in [6.45, 7) is 4.70. The monoisotopic (exact) mass is 599 g/mol. The molecule has 1 aliphatic heterocycles. The Morgan fingerprint density at radius 2 is 1.77 bits per heavy atom. The van der Waals surface area contributed by atoms with E-state index in [2.05, 4.69) is 29.6 Å². The average Bonchev–Trinajstić information content (AvgIpc) is 3.52. The van der Waals surface area contributed by atoms with E-state index in [1.165, 1.54) is 9.80 Å². The molecule has 2 aliphatic rings. The molecule has 0 saturated carbocycles. The van der Waals surface area contributed by atoms with Gasteiger partial charge in [0.1, 0.15) is 12.1 Å². The second kappa shape index (κ2) is 13.9. The Morgan fingerprint density at radius 1 is 1.00 bits per heavy atom. The number of rotatable bonds is 5. The van der Waals surface area contributed by atoms with E-state index in [0.29, 0.717) is 50.5 Å². The Balaban J connectivity index is 1.40. The van der Waals surface area contributed by atoms with Crippen LogP contribution in [0.1, 0.15) is 67.6 Å². The molecule has 1 atom stereocenters. The molecule has 3 aromatic rings. The zero-order valence-electron chi connectivity index (χ0n) is 25.5. The van der Waals surface area contributed by atoms with Gasteiger partial charge < -0.3 is 25.0 Å². The number of carbonyl (C=O) groups is 4. The van der Waals surface area contributed by atoms with Crippen LogP contribution >= 0.6 is 0 Å². The summed E-state index contributed by atoms with van der Waals surface area (Å²) in [5.41, 5.74) is 1.55. The molecule has 2 aromatic carbocycles. The molecule has 2 N–H and O–H groups in total. The van der Waals surface area contributed by atoms with Crippen LogP contribution in [0, 0.1) is 5.92 Å². The highest BCUT2D eigenvalue weighted by Crippen LogP contribution is 2.36. The molecule has 10 nitrogen and oxygen atoms in total. The Labute approximate surface area is 258 Å². The summed E-state index contributed by atoms with van der Waals surface area (Å²) < 4.78 is 5.46. The number of amides is 4. The van der Waals surface area contributed by atoms with E-state index in [1.54, 1.807) is 6.07 Å². The number of carbonyl (C=O) groups excluding carboxylic acids is 4. The van der Waals surface area contributed by atoms with Crippen LogP contribution in [0.3, 0.4) is 0 Å². The molecule has 0 radical (unpaired) electrons. The second-order valence-electron chi connectivity index (χ2n) is 12.1. The van der Waals surface area contributed by atoms with E-state index in [9.17, 15) is 19.2 Å². The third-order valence-electron chi connectivity index (χ3n) is 8.42. The van der Waals surface area contributed by atoms with Crippen LogP contribution in [0.25, 0.3) is 11.3 Å². The number of hydrogen-bond acceptors (Lipinski definition) is 6. The second-order valence-corrected chi connectivity index (χ2v) is 12.1. The van der Waals surface area contributed by atoms with E-state index >= 15 is 0 Å². The fraction of sp³-hybridized carbons (Fsp3) is 0.441. The molecule has 1 unspecified atom stereocenters. The van der Waals surface area contributed by atoms with Crippen molar-refractivity contribution in [3.8, 4) is 11.3 Å². The molecular weight excluding hydrogens is 558 g/mol. The number of hydrogen-bond donors (Lipinski definition) is 2. The van der Waals surface area contributed by atoms with Crippen molar-refractivity contribution in [3.63, 3.8) is 0 Å². The molecule has 5 rings (SSSR count). The molecule has 0 bridgehead atoms. The minimum absolute atomic E-state index is 0.107. The first-order chi connectivity index (χ1) is 21.3. The van der Waals surface area contributed by atoms with Gasteiger partial charge in [0.15, 0.2) is 11.5 Å². The smallest absolute Gasteiger partial charge is 0.276 e. The quantitative estimate of drug-likeness (QED) is 0.458. The lowest BCUT2D eigenvalue weighted by Crippen LogP contribution is -2.60. The van der Waals surface area contributed by atoms with Crippen LogP contribution in [-0.4, -0.2) is 71.3 Å². The van der Waals surface area contributed by atoms with Crippen LogP contribution in [0.15, 0.2) is 65.2 Å². The van der Waals surface area contributed by atoms with Crippen LogP contribution < -0.4 is 10.6 Å². The predicted molar refractivity (Wildman–Crippen MR) is 165 cm³/mol. The van der Waals surface area contributed by atoms with Crippen LogP contribution in [0.2, 0.25) is 0 Å². The van der Waals surface area contributed by atoms with Gasteiger partial charge in [-0.05, 0) is 55.6 Å². The number of aryl methyl sites for hydroxylation is 1. The van der Waals surface area contributed by atoms with Crippen molar-refractivity contribution in [3.05, 3.63) is 77.5 Å². The van der Waals surface area contributed by atoms with Gasteiger partial charge in [-0.3, -0.25) is 19.2 Å². The maximum absolute atomic E-state index is 13.8. The van der Waals surface area contributed by atoms with Crippen molar-refractivity contribution in [1.82, 2.24) is 25.6 Å². The fourth-order valence-corrected chi connectivity index (χ4v) is 5.99. The Kier molecular flexibility index (Phi) is 9.77. The van der Waals surface area contributed by atoms with E-state index in [-0.39, 0.29) is 37.1 Å². The maximum Gasteiger partial charge on any atom is 0.276 e. The first-order valence-electron chi connectivity index (χ1n) is 15.5. The molecule has 2 heterocycles. The van der Waals surface area contributed by atoms with E-state index in [1.807, 2.05) is 54.6 Å². The molecule has 1 saturated heterocycles. The van der Waals surface area contributed by atoms with Crippen LogP contribution in [0.4, 0.5) is 0 Å². The van der Waals surface area contributed by atoms with Crippen molar-refractivity contribution in [2.45, 2.75) is 57.9 Å². The largest absolute Gasteiger partial charge is 0.355 e. The molecule has 10 heteroatoms. The fourth-order valence-electron chi connectivity index (χ4n) is 5.99. The lowest BCUT2D eigenvalue weighted by atomic mass is 9.75. The maximum atomic E-state index is 13.8. The minimum Gasteiger partial charge on any atom is -0.355 e. The molecule has 44 heavy (non-hydrogen) atoms. The number of nitrogens with zero attached hydrogens (tertiary/aromatic N) is 3. The van der Waals surface area contributed by atoms with Crippen molar-refractivity contribution in [2.75, 3.05) is 32.7 Å². The number of benzene rings is 2. The molecular formula is C34H41N5O5. The van der Waals surface area contributed by atoms with Gasteiger partial charge in [0.05, 0.1) is 6.54 Å². The number of fused-ring (bicyclic) bond motifs is 2. The summed E-state index contributed by atoms with van der Waals surface area (Å²) in [6, 6.07) is 18.7. The highest BCUT2D eigenvalue weighted by Gasteiger charge is 2.44. The molecule has 232 valence electrons. The first-order valence-corrected chi connectivity index (χ1v) is 15.5. The summed E-state index contributed by atoms with van der Waals surface area (Å²) >= 11 is 0. The van der Waals surface area contributed by atoms with E-state index in [4.69, 9.17) is 4.52 Å². The predicted octanol–water partition coefficient (Wildman–Crippen LogP) is 3.92. The summed E-state index contributed by atoms with van der Waals surface area (Å²) in [5, 5.41) is 10.1. The first kappa shape index (κ1) is 31.0. The van der Waals surface area contributed by atoms with Gasteiger partial charge >= 0.3 is 0 Å². The average molecular weight is 600 g/mol. The topological polar surface area (TPSA) is 125 Å². The van der Waals surface area contributed by atoms with Gasteiger partial charge in [0, 0.05) is 31.3 Å². The summed E-state index contributed by atoms with van der Waals surface area (Å²) in [5.74, 6) is -0.664. The summed E-state index contributed by atoms with van der Waals surface area (Å²) in [7, 11) is 0. The molecule has 1 fully saturated rings. The third-order valence-corrected chi connectivity index (χ3v) is 8.42. The number of aromatic nitrogens is 1. The van der Waals surface area contributed by atoms with Gasteiger partial charge in [0.2, 0.25) is 17.7 Å². The van der Waals surface area contributed by atoms with Gasteiger partial charge in [-0.25, -0.2) is 0 Å². The summed E-state index contributed by atoms with van der Waals surface area (Å²) in [6.07, 6.45) is 3.90. The lowest BCUT2D eigenvalue weighted by Gasteiger charge is -2.39. The highest BCUT2D eigenvalue weighted by molar-refractivity contribution is 5.97. The number of nitrogens with one attached hydrogen (secondary N) is 2. The van der Waals surface area contributed by atoms with Gasteiger partial charge in [-0.15, -0.1) is 0 Å². The third kappa shape index (κ3) is 7.01. The van der Waals surface area contributed by atoms with Gasteiger partial charge in [-0.2, -0.15) is 0 Å². The van der Waals surface area contributed by atoms with Crippen molar-refractivity contribution < 1.29 is 23.7 Å². The zero-order valence-corrected chi connectivity index (χ0v) is 25.5. The van der Waals surface area contributed by atoms with Crippen molar-refractivity contribution >= 4 is 23.6 Å². The van der Waals surface area contributed by atoms with Crippen molar-refractivity contribution in [1.29, 1.82) is 0 Å². The van der Waals surface area contributed by atoms with Gasteiger partial charge in [0.25, 0.3) is 5.91 Å². The lowest BCUT2D eigenvalue weighted by molar-refractivity contribution is -0.139. The Hall–Kier alpha value is -4.47. The SMILES string of the molecule is CC(C)CCN1CC(=O)NC2(CCCc3ccccc32)C(=O)NCCCCN(C(=O)c2cc(-c3ccccc3)on2)CC1=O. The van der Waals surface area contributed by atoms with E-state index in [0.717, 1.165) is 29.5 Å². The standard InChI is InChI=1S/C34H41N5O5/c1-24(2)16-20-38-22-30(40)36-34(17-10-14-25-11-6-7-15-27(25)34)33(43)35-18-8-9-19-39(23-31(38)41)32(42)28-21-29(44-37-28)26-12-4-3-5-13-26/h3-7,11-13,15,21,24H,8-10,14,16-20,22-23H2,1-2H3,(H,35,43)(H,36,40).